The van der Waals surface area contributed by atoms with Crippen molar-refractivity contribution in [1.82, 2.24) is 0 Å². The lowest BCUT2D eigenvalue weighted by Crippen LogP contribution is -2.28. The van der Waals surface area contributed by atoms with Crippen LogP contribution in [0.25, 0.3) is 0 Å². The van der Waals surface area contributed by atoms with Crippen LogP contribution in [-0.4, -0.2) is 21.8 Å². The van der Waals surface area contributed by atoms with Gasteiger partial charge in [0.2, 0.25) is 0 Å². The van der Waals surface area contributed by atoms with Crippen molar-refractivity contribution in [3.05, 3.63) is 0 Å². The van der Waals surface area contributed by atoms with Gasteiger partial charge in [-0.2, -0.15) is 0 Å². The molecule has 3 unspecified atom stereocenters. The zero-order valence-electron chi connectivity index (χ0n) is 9.08. The van der Waals surface area contributed by atoms with Crippen LogP contribution in [0.5, 0.6) is 0 Å². The monoisotopic (exact) mass is 205 g/mol. The summed E-state index contributed by atoms with van der Waals surface area (Å²) in [6.07, 6.45) is 3.18. The predicted molar refractivity (Wildman–Crippen MR) is 60.2 cm³/mol. The third kappa shape index (κ3) is 7.20. The summed E-state index contributed by atoms with van der Waals surface area (Å²) in [5.41, 5.74) is 5.81. The van der Waals surface area contributed by atoms with Gasteiger partial charge in [0.05, 0.1) is 0 Å². The zero-order chi connectivity index (χ0) is 10.3. The lowest BCUT2D eigenvalue weighted by atomic mass is 10.2. The van der Waals surface area contributed by atoms with Crippen LogP contribution < -0.4 is 5.73 Å². The molecule has 0 saturated carbocycles. The molecule has 0 aromatic heterocycles. The van der Waals surface area contributed by atoms with Crippen LogP contribution in [0.15, 0.2) is 0 Å². The smallest absolute Gasteiger partial charge is 0.0386 e. The molecule has 3 atom stereocenters. The molecule has 3 heteroatoms. The van der Waals surface area contributed by atoms with E-state index in [9.17, 15) is 4.21 Å². The molecule has 0 bridgehead atoms. The highest BCUT2D eigenvalue weighted by Crippen LogP contribution is 2.04. The SMILES string of the molecule is CCCC(N)CS(=O)CC(C)CC. The molecular formula is C10H23NOS. The molecule has 0 saturated heterocycles. The fraction of sp³-hybridized carbons (Fsp3) is 1.00. The first-order valence-corrected chi connectivity index (χ1v) is 6.69. The Morgan fingerprint density at radius 1 is 1.31 bits per heavy atom. The molecule has 0 aromatic rings. The maximum absolute atomic E-state index is 11.5. The van der Waals surface area contributed by atoms with Crippen molar-refractivity contribution in [3.8, 4) is 0 Å². The Morgan fingerprint density at radius 3 is 2.38 bits per heavy atom. The van der Waals surface area contributed by atoms with E-state index >= 15 is 0 Å². The van der Waals surface area contributed by atoms with E-state index in [1.807, 2.05) is 0 Å². The first-order chi connectivity index (χ1) is 6.10. The quantitative estimate of drug-likeness (QED) is 0.690. The van der Waals surface area contributed by atoms with Gasteiger partial charge in [0, 0.05) is 28.3 Å². The molecule has 0 heterocycles. The highest BCUT2D eigenvalue weighted by atomic mass is 32.2. The number of hydrogen-bond donors (Lipinski definition) is 1. The molecule has 2 N–H and O–H groups in total. The second-order valence-electron chi connectivity index (χ2n) is 3.84. The summed E-state index contributed by atoms with van der Waals surface area (Å²) in [5.74, 6) is 2.06. The van der Waals surface area contributed by atoms with E-state index in [0.717, 1.165) is 25.0 Å². The maximum Gasteiger partial charge on any atom is 0.0386 e. The molecule has 0 aliphatic rings. The van der Waals surface area contributed by atoms with Gasteiger partial charge in [0.25, 0.3) is 0 Å². The fourth-order valence-corrected chi connectivity index (χ4v) is 2.85. The molecule has 0 amide bonds. The summed E-state index contributed by atoms with van der Waals surface area (Å²) < 4.78 is 11.5. The second-order valence-corrected chi connectivity index (χ2v) is 5.38. The molecule has 2 nitrogen and oxygen atoms in total. The molecule has 0 spiro atoms. The van der Waals surface area contributed by atoms with Gasteiger partial charge in [-0.05, 0) is 12.3 Å². The van der Waals surface area contributed by atoms with Crippen molar-refractivity contribution < 1.29 is 4.21 Å². The molecule has 0 fully saturated rings. The standard InChI is InChI=1S/C10H23NOS/c1-4-6-10(11)8-13(12)7-9(3)5-2/h9-10H,4-8,11H2,1-3H3. The van der Waals surface area contributed by atoms with Crippen LogP contribution in [0, 0.1) is 5.92 Å². The molecule has 0 aromatic carbocycles. The van der Waals surface area contributed by atoms with E-state index in [0.29, 0.717) is 11.7 Å². The minimum atomic E-state index is -0.707. The molecule has 0 aliphatic carbocycles. The molecule has 0 radical (unpaired) electrons. The van der Waals surface area contributed by atoms with Crippen LogP contribution in [0.1, 0.15) is 40.0 Å². The summed E-state index contributed by atoms with van der Waals surface area (Å²) in [5, 5.41) is 0. The van der Waals surface area contributed by atoms with E-state index < -0.39 is 10.8 Å². The molecular weight excluding hydrogens is 182 g/mol. The Hall–Kier alpha value is 0.110. The third-order valence-electron chi connectivity index (χ3n) is 2.23. The van der Waals surface area contributed by atoms with Crippen LogP contribution in [-0.2, 0) is 10.8 Å². The predicted octanol–water partition coefficient (Wildman–Crippen LogP) is 1.91. The van der Waals surface area contributed by atoms with Crippen LogP contribution in [0.3, 0.4) is 0 Å². The van der Waals surface area contributed by atoms with E-state index in [1.54, 1.807) is 0 Å². The largest absolute Gasteiger partial charge is 0.327 e. The summed E-state index contributed by atoms with van der Waals surface area (Å²) in [4.78, 5) is 0. The Morgan fingerprint density at radius 2 is 1.92 bits per heavy atom. The highest BCUT2D eigenvalue weighted by molar-refractivity contribution is 7.85. The van der Waals surface area contributed by atoms with Crippen molar-refractivity contribution in [3.63, 3.8) is 0 Å². The van der Waals surface area contributed by atoms with Crippen LogP contribution in [0.2, 0.25) is 0 Å². The maximum atomic E-state index is 11.5. The Balaban J connectivity index is 3.61. The summed E-state index contributed by atoms with van der Waals surface area (Å²) >= 11 is 0. The minimum Gasteiger partial charge on any atom is -0.327 e. The fourth-order valence-electron chi connectivity index (χ4n) is 1.20. The van der Waals surface area contributed by atoms with E-state index in [4.69, 9.17) is 5.73 Å². The van der Waals surface area contributed by atoms with E-state index in [1.165, 1.54) is 0 Å². The van der Waals surface area contributed by atoms with E-state index in [2.05, 4.69) is 20.8 Å². The summed E-state index contributed by atoms with van der Waals surface area (Å²) in [6.45, 7) is 6.38. The van der Waals surface area contributed by atoms with Crippen molar-refractivity contribution in [2.75, 3.05) is 11.5 Å². The Kier molecular flexibility index (Phi) is 7.57. The van der Waals surface area contributed by atoms with Gasteiger partial charge in [-0.3, -0.25) is 4.21 Å². The first kappa shape index (κ1) is 13.1. The first-order valence-electron chi connectivity index (χ1n) is 5.20. The molecule has 80 valence electrons. The second kappa shape index (κ2) is 7.51. The topological polar surface area (TPSA) is 43.1 Å². The lowest BCUT2D eigenvalue weighted by molar-refractivity contribution is 0.604. The average Bonchev–Trinajstić information content (AvgIpc) is 2.04. The third-order valence-corrected chi connectivity index (χ3v) is 3.97. The van der Waals surface area contributed by atoms with Gasteiger partial charge in [-0.1, -0.05) is 33.6 Å². The van der Waals surface area contributed by atoms with Crippen molar-refractivity contribution in [1.29, 1.82) is 0 Å². The minimum absolute atomic E-state index is 0.134. The highest BCUT2D eigenvalue weighted by Gasteiger charge is 2.09. The zero-order valence-corrected chi connectivity index (χ0v) is 9.90. The van der Waals surface area contributed by atoms with Crippen molar-refractivity contribution >= 4 is 10.8 Å². The number of rotatable bonds is 7. The van der Waals surface area contributed by atoms with Crippen LogP contribution in [0.4, 0.5) is 0 Å². The molecule has 13 heavy (non-hydrogen) atoms. The van der Waals surface area contributed by atoms with E-state index in [-0.39, 0.29) is 6.04 Å². The van der Waals surface area contributed by atoms with Crippen molar-refractivity contribution in [2.45, 2.75) is 46.1 Å². The number of nitrogens with two attached hydrogens (primary N) is 1. The summed E-state index contributed by atoms with van der Waals surface area (Å²) in [7, 11) is -0.707. The normalized spacial score (nSPS) is 18.2. The van der Waals surface area contributed by atoms with Gasteiger partial charge in [-0.15, -0.1) is 0 Å². The molecule has 0 rings (SSSR count). The van der Waals surface area contributed by atoms with Crippen LogP contribution >= 0.6 is 0 Å². The Labute approximate surface area is 84.7 Å². The average molecular weight is 205 g/mol. The van der Waals surface area contributed by atoms with Gasteiger partial charge < -0.3 is 5.73 Å². The lowest BCUT2D eigenvalue weighted by Gasteiger charge is -2.12. The van der Waals surface area contributed by atoms with Gasteiger partial charge in [0.1, 0.15) is 0 Å². The van der Waals surface area contributed by atoms with Gasteiger partial charge in [-0.25, -0.2) is 0 Å². The number of hydrogen-bond acceptors (Lipinski definition) is 2. The molecule has 0 aliphatic heterocycles. The summed E-state index contributed by atoms with van der Waals surface area (Å²) in [6, 6.07) is 0.134. The van der Waals surface area contributed by atoms with Gasteiger partial charge >= 0.3 is 0 Å². The van der Waals surface area contributed by atoms with Gasteiger partial charge in [0.15, 0.2) is 0 Å². The Bertz CT molecular complexity index is 150. The van der Waals surface area contributed by atoms with Crippen molar-refractivity contribution in [2.24, 2.45) is 11.7 Å².